The van der Waals surface area contributed by atoms with Crippen molar-refractivity contribution < 1.29 is 13.2 Å². The molecule has 1 heterocycles. The summed E-state index contributed by atoms with van der Waals surface area (Å²) in [6.45, 7) is 0. The third kappa shape index (κ3) is 2.28. The molecule has 1 N–H and O–H groups in total. The third-order valence-electron chi connectivity index (χ3n) is 4.16. The Bertz CT molecular complexity index is 648. The minimum Gasteiger partial charge on any atom is -0.315 e. The minimum absolute atomic E-state index is 0.0378. The molecule has 0 unspecified atom stereocenters. The van der Waals surface area contributed by atoms with Gasteiger partial charge in [0, 0.05) is 18.4 Å². The summed E-state index contributed by atoms with van der Waals surface area (Å²) < 4.78 is 27.1. The number of fused-ring (bicyclic) bond motifs is 1. The van der Waals surface area contributed by atoms with Crippen molar-refractivity contribution in [2.75, 3.05) is 16.7 Å². The lowest BCUT2D eigenvalue weighted by atomic mass is 10.1. The number of anilines is 2. The van der Waals surface area contributed by atoms with Crippen LogP contribution >= 0.6 is 0 Å². The van der Waals surface area contributed by atoms with Gasteiger partial charge in [-0.2, -0.15) is 0 Å². The first-order valence-electron chi connectivity index (χ1n) is 6.88. The SMILES string of the molecule is CN1C(=O)Cc2cc(NS(=O)(=O)C3CCCC3)ccc21. The van der Waals surface area contributed by atoms with Crippen molar-refractivity contribution in [3.8, 4) is 0 Å². The van der Waals surface area contributed by atoms with Crippen LogP contribution in [-0.2, 0) is 21.2 Å². The van der Waals surface area contributed by atoms with E-state index in [0.717, 1.165) is 36.9 Å². The molecule has 5 nitrogen and oxygen atoms in total. The van der Waals surface area contributed by atoms with Crippen LogP contribution < -0.4 is 9.62 Å². The number of amides is 1. The van der Waals surface area contributed by atoms with Gasteiger partial charge in [-0.25, -0.2) is 8.42 Å². The molecule has 0 bridgehead atoms. The van der Waals surface area contributed by atoms with E-state index >= 15 is 0 Å². The van der Waals surface area contributed by atoms with Gasteiger partial charge in [-0.3, -0.25) is 9.52 Å². The van der Waals surface area contributed by atoms with Gasteiger partial charge in [0.05, 0.1) is 11.7 Å². The minimum atomic E-state index is -3.31. The lowest BCUT2D eigenvalue weighted by Gasteiger charge is -2.15. The van der Waals surface area contributed by atoms with E-state index in [9.17, 15) is 13.2 Å². The van der Waals surface area contributed by atoms with Crippen LogP contribution in [0.1, 0.15) is 31.2 Å². The first kappa shape index (κ1) is 13.4. The molecular formula is C14H18N2O3S. The number of hydrogen-bond acceptors (Lipinski definition) is 3. The van der Waals surface area contributed by atoms with E-state index in [0.29, 0.717) is 12.1 Å². The highest BCUT2D eigenvalue weighted by molar-refractivity contribution is 7.93. The molecule has 108 valence electrons. The van der Waals surface area contributed by atoms with Crippen molar-refractivity contribution in [3.63, 3.8) is 0 Å². The van der Waals surface area contributed by atoms with E-state index < -0.39 is 10.0 Å². The van der Waals surface area contributed by atoms with Crippen molar-refractivity contribution in [1.82, 2.24) is 0 Å². The summed E-state index contributed by atoms with van der Waals surface area (Å²) in [5, 5.41) is -0.278. The Morgan fingerprint density at radius 1 is 1.25 bits per heavy atom. The maximum Gasteiger partial charge on any atom is 0.235 e. The number of hydrogen-bond donors (Lipinski definition) is 1. The molecule has 0 atom stereocenters. The van der Waals surface area contributed by atoms with E-state index in [2.05, 4.69) is 4.72 Å². The zero-order chi connectivity index (χ0) is 14.3. The Hall–Kier alpha value is -1.56. The molecule has 20 heavy (non-hydrogen) atoms. The quantitative estimate of drug-likeness (QED) is 0.925. The van der Waals surface area contributed by atoms with Crippen LogP contribution in [0.3, 0.4) is 0 Å². The molecule has 1 amide bonds. The van der Waals surface area contributed by atoms with Crippen LogP contribution in [0.15, 0.2) is 18.2 Å². The van der Waals surface area contributed by atoms with Gasteiger partial charge in [-0.1, -0.05) is 12.8 Å². The molecule has 1 aromatic rings. The summed E-state index contributed by atoms with van der Waals surface area (Å²) in [4.78, 5) is 13.2. The van der Waals surface area contributed by atoms with Crippen LogP contribution in [0.2, 0.25) is 0 Å². The number of nitrogens with one attached hydrogen (secondary N) is 1. The number of rotatable bonds is 3. The fourth-order valence-corrected chi connectivity index (χ4v) is 4.56. The van der Waals surface area contributed by atoms with Gasteiger partial charge >= 0.3 is 0 Å². The van der Waals surface area contributed by atoms with E-state index in [1.54, 1.807) is 30.1 Å². The van der Waals surface area contributed by atoms with Crippen molar-refractivity contribution in [3.05, 3.63) is 23.8 Å². The van der Waals surface area contributed by atoms with Gasteiger partial charge in [-0.05, 0) is 36.6 Å². The van der Waals surface area contributed by atoms with E-state index in [4.69, 9.17) is 0 Å². The smallest absolute Gasteiger partial charge is 0.235 e. The molecule has 0 spiro atoms. The van der Waals surface area contributed by atoms with Crippen LogP contribution in [0.5, 0.6) is 0 Å². The van der Waals surface area contributed by atoms with Crippen LogP contribution in [0.25, 0.3) is 0 Å². The van der Waals surface area contributed by atoms with Crippen molar-refractivity contribution in [2.45, 2.75) is 37.4 Å². The second-order valence-corrected chi connectivity index (χ2v) is 7.49. The van der Waals surface area contributed by atoms with Crippen molar-refractivity contribution in [1.29, 1.82) is 0 Å². The molecule has 1 aromatic carbocycles. The second-order valence-electron chi connectivity index (χ2n) is 5.53. The zero-order valence-corrected chi connectivity index (χ0v) is 12.2. The van der Waals surface area contributed by atoms with E-state index in [1.807, 2.05) is 0 Å². The molecule has 6 heteroatoms. The number of carbonyl (C=O) groups is 1. The Kier molecular flexibility index (Phi) is 3.20. The monoisotopic (exact) mass is 294 g/mol. The number of benzene rings is 1. The first-order valence-corrected chi connectivity index (χ1v) is 8.43. The largest absolute Gasteiger partial charge is 0.315 e. The summed E-state index contributed by atoms with van der Waals surface area (Å²) in [7, 11) is -1.57. The Labute approximate surface area is 119 Å². The Morgan fingerprint density at radius 2 is 1.95 bits per heavy atom. The standard InChI is InChI=1S/C14H18N2O3S/c1-16-13-7-6-11(8-10(13)9-14(16)17)15-20(18,19)12-4-2-3-5-12/h6-8,12,15H,2-5,9H2,1H3. The maximum absolute atomic E-state index is 12.2. The Morgan fingerprint density at radius 3 is 2.65 bits per heavy atom. The molecule has 0 saturated heterocycles. The highest BCUT2D eigenvalue weighted by Crippen LogP contribution is 2.31. The molecule has 1 aliphatic heterocycles. The second kappa shape index (κ2) is 4.77. The van der Waals surface area contributed by atoms with Gasteiger partial charge < -0.3 is 4.90 Å². The molecule has 1 fully saturated rings. The van der Waals surface area contributed by atoms with Gasteiger partial charge in [0.15, 0.2) is 0 Å². The van der Waals surface area contributed by atoms with Crippen LogP contribution in [-0.4, -0.2) is 26.6 Å². The normalized spacial score (nSPS) is 19.4. The van der Waals surface area contributed by atoms with Crippen molar-refractivity contribution in [2.24, 2.45) is 0 Å². The topological polar surface area (TPSA) is 66.5 Å². The predicted molar refractivity (Wildman–Crippen MR) is 78.4 cm³/mol. The zero-order valence-electron chi connectivity index (χ0n) is 11.4. The highest BCUT2D eigenvalue weighted by atomic mass is 32.2. The average molecular weight is 294 g/mol. The summed E-state index contributed by atoms with van der Waals surface area (Å²) in [6.07, 6.45) is 3.78. The van der Waals surface area contributed by atoms with Crippen molar-refractivity contribution >= 4 is 27.3 Å². The summed E-state index contributed by atoms with van der Waals surface area (Å²) in [6, 6.07) is 5.29. The van der Waals surface area contributed by atoms with Gasteiger partial charge in [0.25, 0.3) is 0 Å². The van der Waals surface area contributed by atoms with E-state index in [-0.39, 0.29) is 11.2 Å². The fourth-order valence-electron chi connectivity index (χ4n) is 2.98. The average Bonchev–Trinajstić information content (AvgIpc) is 2.99. The summed E-state index contributed by atoms with van der Waals surface area (Å²) in [5.74, 6) is 0.0378. The van der Waals surface area contributed by atoms with Crippen LogP contribution in [0.4, 0.5) is 11.4 Å². The number of nitrogens with zero attached hydrogens (tertiary/aromatic N) is 1. The number of likely N-dealkylation sites (N-methyl/N-ethyl adjacent to an activating group) is 1. The third-order valence-corrected chi connectivity index (χ3v) is 6.03. The van der Waals surface area contributed by atoms with Crippen LogP contribution in [0, 0.1) is 0 Å². The molecule has 2 aliphatic rings. The molecule has 3 rings (SSSR count). The fraction of sp³-hybridized carbons (Fsp3) is 0.500. The lowest BCUT2D eigenvalue weighted by Crippen LogP contribution is -2.25. The number of sulfonamides is 1. The van der Waals surface area contributed by atoms with E-state index in [1.165, 1.54) is 0 Å². The molecule has 0 aromatic heterocycles. The molecular weight excluding hydrogens is 276 g/mol. The summed E-state index contributed by atoms with van der Waals surface area (Å²) in [5.41, 5.74) is 2.29. The first-order chi connectivity index (χ1) is 9.47. The van der Waals surface area contributed by atoms with Gasteiger partial charge in [0.2, 0.25) is 15.9 Å². The maximum atomic E-state index is 12.2. The predicted octanol–water partition coefficient (Wildman–Crippen LogP) is 1.89. The molecule has 1 saturated carbocycles. The van der Waals surface area contributed by atoms with Gasteiger partial charge in [-0.15, -0.1) is 0 Å². The number of carbonyl (C=O) groups excluding carboxylic acids is 1. The highest BCUT2D eigenvalue weighted by Gasteiger charge is 2.29. The lowest BCUT2D eigenvalue weighted by molar-refractivity contribution is -0.117. The summed E-state index contributed by atoms with van der Waals surface area (Å²) >= 11 is 0. The Balaban J connectivity index is 1.83. The molecule has 1 aliphatic carbocycles. The molecule has 0 radical (unpaired) electrons. The van der Waals surface area contributed by atoms with Gasteiger partial charge in [0.1, 0.15) is 0 Å².